The van der Waals surface area contributed by atoms with Crippen molar-refractivity contribution in [3.63, 3.8) is 0 Å². The number of allylic oxidation sites excluding steroid dienone is 1. The number of fused-ring (bicyclic) bond motifs is 3. The lowest BCUT2D eigenvalue weighted by atomic mass is 9.58. The number of nitrogens with zero attached hydrogens (tertiary/aromatic N) is 3. The molecule has 0 spiro atoms. The number of primary amides is 1. The number of aliphatic hydroxyl groups is 3. The van der Waals surface area contributed by atoms with Gasteiger partial charge in [0.05, 0.1) is 11.6 Å². The SMILES string of the molecule is CN(Cc1cc(O)c2c(c1N(C)C)C[C@H]1C[C@H]3[C@H](N(C)C)C(O)=C(C(N)=O)C(=O)[C@@]3(O)C(O)=C1C2=O)CC1(C)CCCCC1. The topological polar surface area (TPSA) is 168 Å². The van der Waals surface area contributed by atoms with Crippen LogP contribution in [-0.2, 0) is 22.6 Å². The van der Waals surface area contributed by atoms with Crippen LogP contribution in [0.4, 0.5) is 5.69 Å². The number of nitrogens with two attached hydrogens (primary N) is 1. The van der Waals surface area contributed by atoms with Gasteiger partial charge in [0.1, 0.15) is 22.8 Å². The van der Waals surface area contributed by atoms with Gasteiger partial charge in [-0.1, -0.05) is 26.2 Å². The second-order valence-electron chi connectivity index (χ2n) is 14.2. The molecule has 44 heavy (non-hydrogen) atoms. The molecule has 4 atom stereocenters. The zero-order valence-corrected chi connectivity index (χ0v) is 26.6. The number of aliphatic hydroxyl groups excluding tert-OH is 2. The number of phenols is 1. The molecule has 6 N–H and O–H groups in total. The lowest BCUT2D eigenvalue weighted by Gasteiger charge is -2.50. The van der Waals surface area contributed by atoms with Crippen LogP contribution in [0.15, 0.2) is 28.7 Å². The smallest absolute Gasteiger partial charge is 0.255 e. The second kappa shape index (κ2) is 11.2. The van der Waals surface area contributed by atoms with Crippen LogP contribution in [0, 0.1) is 17.3 Å². The molecule has 0 aromatic heterocycles. The number of amides is 1. The van der Waals surface area contributed by atoms with Crippen molar-refractivity contribution in [1.29, 1.82) is 0 Å². The van der Waals surface area contributed by atoms with Gasteiger partial charge in [0.2, 0.25) is 5.78 Å². The maximum Gasteiger partial charge on any atom is 0.255 e. The van der Waals surface area contributed by atoms with Crippen LogP contribution < -0.4 is 10.6 Å². The molecule has 1 aromatic carbocycles. The van der Waals surface area contributed by atoms with Gasteiger partial charge < -0.3 is 36.0 Å². The lowest BCUT2D eigenvalue weighted by molar-refractivity contribution is -0.148. The number of carbonyl (C=O) groups excluding carboxylic acids is 3. The monoisotopic (exact) mass is 610 g/mol. The molecule has 0 saturated heterocycles. The van der Waals surface area contributed by atoms with Gasteiger partial charge in [0, 0.05) is 44.4 Å². The van der Waals surface area contributed by atoms with Gasteiger partial charge in [-0.3, -0.25) is 19.3 Å². The highest BCUT2D eigenvalue weighted by atomic mass is 16.3. The highest BCUT2D eigenvalue weighted by molar-refractivity contribution is 6.24. The maximum atomic E-state index is 14.1. The number of aromatic hydroxyl groups is 1. The van der Waals surface area contributed by atoms with Gasteiger partial charge in [-0.2, -0.15) is 0 Å². The fourth-order valence-corrected chi connectivity index (χ4v) is 8.61. The Morgan fingerprint density at radius 1 is 1.05 bits per heavy atom. The molecule has 240 valence electrons. The molecule has 1 fully saturated rings. The molecular weight excluding hydrogens is 564 g/mol. The molecule has 0 bridgehead atoms. The quantitative estimate of drug-likeness (QED) is 0.290. The molecule has 0 heterocycles. The average molecular weight is 611 g/mol. The maximum absolute atomic E-state index is 14.1. The molecule has 0 aliphatic heterocycles. The van der Waals surface area contributed by atoms with Gasteiger partial charge in [-0.05, 0) is 75.4 Å². The number of benzene rings is 1. The van der Waals surface area contributed by atoms with Crippen molar-refractivity contribution in [3.8, 4) is 5.75 Å². The Morgan fingerprint density at radius 3 is 2.25 bits per heavy atom. The second-order valence-corrected chi connectivity index (χ2v) is 14.2. The molecular formula is C33H46N4O7. The summed E-state index contributed by atoms with van der Waals surface area (Å²) in [5.74, 6) is -6.50. The molecule has 1 saturated carbocycles. The van der Waals surface area contributed by atoms with Crippen molar-refractivity contribution >= 4 is 23.2 Å². The standard InChI is InChI=1S/C33H46N4O7/c1-32(10-8-7-9-11-32)16-37(6)15-18-14-21(38)23-19(25(18)35(2)3)12-17-13-20-26(36(4)5)28(40)24(31(34)43)30(42)33(20,44)29(41)22(17)27(23)39/h14,17,20,26,38,40-41,44H,7-13,15-16H2,1-6H3,(H2,34,43)/t17-,20-,26-,33-/m0/s1. The van der Waals surface area contributed by atoms with Crippen molar-refractivity contribution < 1.29 is 34.8 Å². The Morgan fingerprint density at radius 2 is 1.68 bits per heavy atom. The van der Waals surface area contributed by atoms with E-state index >= 15 is 0 Å². The van der Waals surface area contributed by atoms with Gasteiger partial charge in [-0.25, -0.2) is 0 Å². The first kappa shape index (κ1) is 32.0. The predicted molar refractivity (Wildman–Crippen MR) is 166 cm³/mol. The van der Waals surface area contributed by atoms with Crippen LogP contribution in [0.1, 0.15) is 66.9 Å². The molecule has 4 aliphatic rings. The van der Waals surface area contributed by atoms with Crippen LogP contribution in [0.5, 0.6) is 5.75 Å². The van der Waals surface area contributed by atoms with E-state index in [0.29, 0.717) is 12.1 Å². The van der Waals surface area contributed by atoms with Gasteiger partial charge in [-0.15, -0.1) is 0 Å². The van der Waals surface area contributed by atoms with Crippen LogP contribution in [0.3, 0.4) is 0 Å². The van der Waals surface area contributed by atoms with E-state index in [1.165, 1.54) is 32.1 Å². The van der Waals surface area contributed by atoms with Crippen LogP contribution in [0.2, 0.25) is 0 Å². The largest absolute Gasteiger partial charge is 0.510 e. The van der Waals surface area contributed by atoms with Gasteiger partial charge in [0.15, 0.2) is 11.4 Å². The van der Waals surface area contributed by atoms with E-state index in [1.807, 2.05) is 19.0 Å². The van der Waals surface area contributed by atoms with Crippen molar-refractivity contribution in [2.45, 2.75) is 70.1 Å². The summed E-state index contributed by atoms with van der Waals surface area (Å²) in [5.41, 5.74) is 4.38. The molecule has 1 amide bonds. The fourth-order valence-electron chi connectivity index (χ4n) is 8.61. The van der Waals surface area contributed by atoms with Crippen molar-refractivity contribution in [1.82, 2.24) is 9.80 Å². The zero-order valence-electron chi connectivity index (χ0n) is 26.6. The first-order valence-electron chi connectivity index (χ1n) is 15.4. The van der Waals surface area contributed by atoms with E-state index < -0.39 is 58.0 Å². The summed E-state index contributed by atoms with van der Waals surface area (Å²) in [6.07, 6.45) is 6.40. The Kier molecular flexibility index (Phi) is 8.14. The lowest BCUT2D eigenvalue weighted by Crippen LogP contribution is -2.63. The molecule has 4 aliphatic carbocycles. The number of Topliss-reactive ketones (excluding diaryl/α,β-unsaturated/α-hetero) is 2. The first-order valence-corrected chi connectivity index (χ1v) is 15.4. The minimum absolute atomic E-state index is 0.0279. The average Bonchev–Trinajstić information content (AvgIpc) is 2.90. The highest BCUT2D eigenvalue weighted by Gasteiger charge is 2.63. The summed E-state index contributed by atoms with van der Waals surface area (Å²) in [6.45, 7) is 3.80. The number of carbonyl (C=O) groups is 3. The third kappa shape index (κ3) is 4.89. The number of anilines is 1. The highest BCUT2D eigenvalue weighted by Crippen LogP contribution is 2.53. The number of rotatable bonds is 7. The Labute approximate surface area is 258 Å². The third-order valence-electron chi connectivity index (χ3n) is 10.4. The fraction of sp³-hybridized carbons (Fsp3) is 0.606. The first-order chi connectivity index (χ1) is 20.5. The van der Waals surface area contributed by atoms with Crippen molar-refractivity contribution in [2.24, 2.45) is 23.0 Å². The minimum atomic E-state index is -2.65. The molecule has 0 unspecified atom stereocenters. The van der Waals surface area contributed by atoms with E-state index in [0.717, 1.165) is 17.8 Å². The van der Waals surface area contributed by atoms with E-state index in [4.69, 9.17) is 5.73 Å². The number of hydrogen-bond donors (Lipinski definition) is 5. The third-order valence-corrected chi connectivity index (χ3v) is 10.4. The van der Waals surface area contributed by atoms with Gasteiger partial charge >= 0.3 is 0 Å². The van der Waals surface area contributed by atoms with Gasteiger partial charge in [0.25, 0.3) is 5.91 Å². The van der Waals surface area contributed by atoms with Crippen molar-refractivity contribution in [3.05, 3.63) is 45.4 Å². The summed E-state index contributed by atoms with van der Waals surface area (Å²) in [5, 5.41) is 45.7. The molecule has 5 rings (SSSR count). The molecule has 1 aromatic rings. The summed E-state index contributed by atoms with van der Waals surface area (Å²) in [4.78, 5) is 45.6. The van der Waals surface area contributed by atoms with E-state index in [-0.39, 0.29) is 35.1 Å². The van der Waals surface area contributed by atoms with E-state index in [9.17, 15) is 34.8 Å². The van der Waals surface area contributed by atoms with E-state index in [2.05, 4.69) is 18.9 Å². The van der Waals surface area contributed by atoms with Crippen LogP contribution in [0.25, 0.3) is 0 Å². The Balaban J connectivity index is 1.59. The number of phenolic OH excluding ortho intramolecular Hbond substituents is 1. The molecule has 11 nitrogen and oxygen atoms in total. The number of ketones is 2. The normalized spacial score (nSPS) is 28.2. The summed E-state index contributed by atoms with van der Waals surface area (Å²) in [7, 11) is 9.09. The molecule has 11 heteroatoms. The Hall–Kier alpha value is -3.41. The number of likely N-dealkylation sites (N-methyl/N-ethyl adjacent to an activating group) is 1. The van der Waals surface area contributed by atoms with Crippen LogP contribution in [-0.4, -0.2) is 101 Å². The van der Waals surface area contributed by atoms with Crippen LogP contribution >= 0.6 is 0 Å². The summed E-state index contributed by atoms with van der Waals surface area (Å²) in [6, 6.07) is 0.576. The Bertz CT molecular complexity index is 1470. The minimum Gasteiger partial charge on any atom is -0.510 e. The molecule has 0 radical (unpaired) electrons. The summed E-state index contributed by atoms with van der Waals surface area (Å²) >= 11 is 0. The summed E-state index contributed by atoms with van der Waals surface area (Å²) < 4.78 is 0. The predicted octanol–water partition coefficient (Wildman–Crippen LogP) is 2.59. The van der Waals surface area contributed by atoms with E-state index in [1.54, 1.807) is 25.1 Å². The number of hydrogen-bond acceptors (Lipinski definition) is 10. The van der Waals surface area contributed by atoms with Crippen molar-refractivity contribution in [2.75, 3.05) is 46.7 Å². The zero-order chi connectivity index (χ0) is 32.5.